The van der Waals surface area contributed by atoms with Gasteiger partial charge in [0, 0.05) is 40.6 Å². The van der Waals surface area contributed by atoms with E-state index in [1.54, 1.807) is 0 Å². The lowest BCUT2D eigenvalue weighted by molar-refractivity contribution is 1.05. The molecule has 8 aromatic rings. The molecule has 0 unspecified atom stereocenters. The Bertz CT molecular complexity index is 2880. The van der Waals surface area contributed by atoms with Crippen molar-refractivity contribution in [3.63, 3.8) is 0 Å². The minimum Gasteiger partial charge on any atom is -0.314 e. The van der Waals surface area contributed by atoms with Crippen molar-refractivity contribution in [1.82, 2.24) is 0 Å². The van der Waals surface area contributed by atoms with Crippen LogP contribution in [0, 0.1) is 0 Å². The van der Waals surface area contributed by atoms with Crippen LogP contribution in [0.4, 0.5) is 22.7 Å². The van der Waals surface area contributed by atoms with Crippen LogP contribution in [0.15, 0.2) is 230 Å². The Morgan fingerprint density at radius 2 is 1.02 bits per heavy atom. The van der Waals surface area contributed by atoms with E-state index in [2.05, 4.69) is 242 Å². The summed E-state index contributed by atoms with van der Waals surface area (Å²) >= 11 is 0. The Morgan fingerprint density at radius 3 is 1.60 bits per heavy atom. The maximum absolute atomic E-state index is 4.29. The molecule has 0 amide bonds. The van der Waals surface area contributed by atoms with Crippen LogP contribution in [0.5, 0.6) is 0 Å². The number of allylic oxidation sites excluding steroid dienone is 6. The first-order chi connectivity index (χ1) is 28.6. The van der Waals surface area contributed by atoms with Gasteiger partial charge in [0.25, 0.3) is 0 Å². The molecule has 58 heavy (non-hydrogen) atoms. The van der Waals surface area contributed by atoms with E-state index in [0.717, 1.165) is 46.0 Å². The fourth-order valence-corrected chi connectivity index (χ4v) is 7.84. The molecule has 1 aliphatic rings. The van der Waals surface area contributed by atoms with Crippen LogP contribution in [0.25, 0.3) is 50.5 Å². The van der Waals surface area contributed by atoms with Gasteiger partial charge < -0.3 is 9.80 Å². The summed E-state index contributed by atoms with van der Waals surface area (Å²) in [4.78, 5) is 4.69. The van der Waals surface area contributed by atoms with Crippen LogP contribution in [0.3, 0.4) is 0 Å². The van der Waals surface area contributed by atoms with Gasteiger partial charge in [-0.2, -0.15) is 0 Å². The summed E-state index contributed by atoms with van der Waals surface area (Å²) < 4.78 is 0. The number of rotatable bonds is 10. The van der Waals surface area contributed by atoms with Crippen molar-refractivity contribution < 1.29 is 0 Å². The lowest BCUT2D eigenvalue weighted by atomic mass is 10.1. The summed E-state index contributed by atoms with van der Waals surface area (Å²) in [6.45, 7) is 6.44. The lowest BCUT2D eigenvalue weighted by Crippen LogP contribution is -2.20. The second-order valence-corrected chi connectivity index (χ2v) is 14.8. The van der Waals surface area contributed by atoms with Crippen LogP contribution in [0.2, 0.25) is 0 Å². The third-order valence-electron chi connectivity index (χ3n) is 10.9. The van der Waals surface area contributed by atoms with Crippen molar-refractivity contribution in [2.45, 2.75) is 13.3 Å². The second kappa shape index (κ2) is 16.4. The highest BCUT2D eigenvalue weighted by Gasteiger charge is 2.18. The first kappa shape index (κ1) is 36.2. The SMILES string of the molecule is C=C\C(=C/C=C(C)/C=C/c1ccc(N(c2ccc3ccccc3c2)c2ccc3ccccc3c2)cc1)N(C1=Cc2ccccc2C=CC1)c1ccc2ccccc2c1. The third-order valence-corrected chi connectivity index (χ3v) is 10.9. The average molecular weight is 745 g/mol. The fraction of sp³-hybridized carbons (Fsp3) is 0.0357. The molecule has 0 aromatic heterocycles. The van der Waals surface area contributed by atoms with Crippen molar-refractivity contribution in [2.24, 2.45) is 0 Å². The van der Waals surface area contributed by atoms with E-state index in [9.17, 15) is 0 Å². The lowest BCUT2D eigenvalue weighted by Gasteiger charge is -2.28. The number of hydrogen-bond donors (Lipinski definition) is 0. The molecular formula is C56H44N2. The van der Waals surface area contributed by atoms with Gasteiger partial charge in [-0.1, -0.05) is 170 Å². The smallest absolute Gasteiger partial charge is 0.0468 e. The minimum absolute atomic E-state index is 0.796. The summed E-state index contributed by atoms with van der Waals surface area (Å²) in [5.74, 6) is 0. The van der Waals surface area contributed by atoms with Gasteiger partial charge in [-0.3, -0.25) is 0 Å². The number of anilines is 4. The molecule has 0 aliphatic heterocycles. The van der Waals surface area contributed by atoms with Crippen molar-refractivity contribution in [3.8, 4) is 0 Å². The molecule has 1 aliphatic carbocycles. The van der Waals surface area contributed by atoms with Crippen molar-refractivity contribution in [3.05, 3.63) is 247 Å². The van der Waals surface area contributed by atoms with E-state index in [1.807, 2.05) is 6.08 Å². The third kappa shape index (κ3) is 7.69. The van der Waals surface area contributed by atoms with Gasteiger partial charge in [0.15, 0.2) is 0 Å². The van der Waals surface area contributed by atoms with Crippen LogP contribution in [-0.2, 0) is 0 Å². The molecule has 278 valence electrons. The topological polar surface area (TPSA) is 6.48 Å². The highest BCUT2D eigenvalue weighted by molar-refractivity contribution is 5.93. The van der Waals surface area contributed by atoms with E-state index in [1.165, 1.54) is 49.1 Å². The number of hydrogen-bond acceptors (Lipinski definition) is 2. The van der Waals surface area contributed by atoms with Gasteiger partial charge >= 0.3 is 0 Å². The molecule has 0 fully saturated rings. The van der Waals surface area contributed by atoms with Gasteiger partial charge in [-0.25, -0.2) is 0 Å². The van der Waals surface area contributed by atoms with Gasteiger partial charge in [-0.15, -0.1) is 0 Å². The largest absolute Gasteiger partial charge is 0.314 e. The van der Waals surface area contributed by atoms with Crippen LogP contribution < -0.4 is 9.80 Å². The molecule has 0 saturated carbocycles. The van der Waals surface area contributed by atoms with Crippen molar-refractivity contribution in [1.29, 1.82) is 0 Å². The molecule has 0 saturated heterocycles. The Balaban J connectivity index is 1.02. The fourth-order valence-electron chi connectivity index (χ4n) is 7.84. The van der Waals surface area contributed by atoms with E-state index in [-0.39, 0.29) is 0 Å². The molecule has 0 heterocycles. The number of nitrogens with zero attached hydrogens (tertiary/aromatic N) is 2. The van der Waals surface area contributed by atoms with Crippen molar-refractivity contribution in [2.75, 3.05) is 9.80 Å². The van der Waals surface area contributed by atoms with E-state index in [0.29, 0.717) is 0 Å². The Kier molecular flexibility index (Phi) is 10.2. The summed E-state index contributed by atoms with van der Waals surface area (Å²) in [6.07, 6.45) is 18.3. The Labute approximate surface area is 341 Å². The molecule has 0 bridgehead atoms. The van der Waals surface area contributed by atoms with E-state index >= 15 is 0 Å². The number of fused-ring (bicyclic) bond motifs is 4. The van der Waals surface area contributed by atoms with Gasteiger partial charge in [0.1, 0.15) is 0 Å². The van der Waals surface area contributed by atoms with Gasteiger partial charge in [-0.05, 0) is 123 Å². The van der Waals surface area contributed by atoms with Crippen LogP contribution >= 0.6 is 0 Å². The molecule has 2 nitrogen and oxygen atoms in total. The standard InChI is InChI=1S/C56H44N2/c1-3-51(57(54-34-28-44-14-5-9-18-48(44)38-54)53-22-12-21-43-13-4-8-17-47(43)37-53)31-24-41(2)23-25-42-26-32-52(33-27-42)58(55-35-29-45-15-6-10-19-49(45)39-55)56-36-30-46-16-7-11-20-50(46)40-56/h3-21,23-40H,1,22H2,2H3/b25-23+,41-24+,51-31+. The maximum atomic E-state index is 4.29. The van der Waals surface area contributed by atoms with Gasteiger partial charge in [0.2, 0.25) is 0 Å². The number of benzene rings is 8. The molecule has 0 radical (unpaired) electrons. The predicted octanol–water partition coefficient (Wildman–Crippen LogP) is 15.6. The highest BCUT2D eigenvalue weighted by Crippen LogP contribution is 2.38. The summed E-state index contributed by atoms with van der Waals surface area (Å²) in [5.41, 5.74) is 11.4. The Morgan fingerprint density at radius 1 is 0.517 bits per heavy atom. The molecule has 8 aromatic carbocycles. The normalized spacial score (nSPS) is 13.1. The summed E-state index contributed by atoms with van der Waals surface area (Å²) in [7, 11) is 0. The highest BCUT2D eigenvalue weighted by atomic mass is 15.2. The molecule has 9 rings (SSSR count). The molecular weight excluding hydrogens is 701 g/mol. The maximum Gasteiger partial charge on any atom is 0.0468 e. The molecule has 2 heteroatoms. The van der Waals surface area contributed by atoms with Crippen LogP contribution in [0.1, 0.15) is 30.0 Å². The monoisotopic (exact) mass is 744 g/mol. The molecule has 0 atom stereocenters. The zero-order valence-corrected chi connectivity index (χ0v) is 32.7. The average Bonchev–Trinajstić information content (AvgIpc) is 3.50. The zero-order chi connectivity index (χ0) is 39.3. The van der Waals surface area contributed by atoms with E-state index < -0.39 is 0 Å². The first-order valence-electron chi connectivity index (χ1n) is 19.9. The quantitative estimate of drug-likeness (QED) is 0.129. The second-order valence-electron chi connectivity index (χ2n) is 14.8. The zero-order valence-electron chi connectivity index (χ0n) is 32.7. The van der Waals surface area contributed by atoms with Crippen LogP contribution in [-0.4, -0.2) is 0 Å². The summed E-state index contributed by atoms with van der Waals surface area (Å²) in [6, 6.07) is 63.1. The Hall–Kier alpha value is -7.42. The predicted molar refractivity (Wildman–Crippen MR) is 252 cm³/mol. The van der Waals surface area contributed by atoms with E-state index in [4.69, 9.17) is 0 Å². The van der Waals surface area contributed by atoms with Gasteiger partial charge in [0.05, 0.1) is 0 Å². The molecule has 0 N–H and O–H groups in total. The summed E-state index contributed by atoms with van der Waals surface area (Å²) in [5, 5.41) is 7.32. The first-order valence-corrected chi connectivity index (χ1v) is 19.9. The minimum atomic E-state index is 0.796. The van der Waals surface area contributed by atoms with Crippen molar-refractivity contribution >= 4 is 73.3 Å². The molecule has 0 spiro atoms.